The molecule has 1 aromatic rings. The van der Waals surface area contributed by atoms with Gasteiger partial charge in [-0.3, -0.25) is 0 Å². The van der Waals surface area contributed by atoms with E-state index in [9.17, 15) is 9.59 Å². The summed E-state index contributed by atoms with van der Waals surface area (Å²) in [5.74, 6) is 0.458. The monoisotopic (exact) mass is 437 g/mol. The zero-order valence-corrected chi connectivity index (χ0v) is 19.7. The van der Waals surface area contributed by atoms with Gasteiger partial charge in [-0.05, 0) is 66.2 Å². The number of methoxy groups -OCH3 is 1. The molecular formula is C23H35NO7. The van der Waals surface area contributed by atoms with E-state index in [-0.39, 0.29) is 18.8 Å². The van der Waals surface area contributed by atoms with E-state index in [1.165, 1.54) is 13.2 Å². The third-order valence-electron chi connectivity index (χ3n) is 3.55. The van der Waals surface area contributed by atoms with Crippen LogP contribution in [0.5, 0.6) is 17.2 Å². The molecule has 1 rings (SSSR count). The number of benzene rings is 1. The van der Waals surface area contributed by atoms with Crippen LogP contribution in [0.3, 0.4) is 0 Å². The first-order valence-electron chi connectivity index (χ1n) is 10.2. The van der Waals surface area contributed by atoms with Crippen molar-refractivity contribution in [1.29, 1.82) is 0 Å². The molecule has 0 heterocycles. The minimum atomic E-state index is -1.16. The summed E-state index contributed by atoms with van der Waals surface area (Å²) < 4.78 is 27.8. The first-order valence-corrected chi connectivity index (χ1v) is 10.2. The summed E-state index contributed by atoms with van der Waals surface area (Å²) >= 11 is 0. The number of hydrogen-bond donors (Lipinski definition) is 1. The average molecular weight is 438 g/mol. The van der Waals surface area contributed by atoms with Crippen LogP contribution in [0.2, 0.25) is 0 Å². The Morgan fingerprint density at radius 2 is 1.58 bits per heavy atom. The first kappa shape index (κ1) is 26.1. The minimum Gasteiger partial charge on any atom is -0.490 e. The van der Waals surface area contributed by atoms with Gasteiger partial charge >= 0.3 is 12.1 Å². The van der Waals surface area contributed by atoms with E-state index in [0.717, 1.165) is 0 Å². The van der Waals surface area contributed by atoms with Crippen molar-refractivity contribution in [1.82, 2.24) is 5.32 Å². The number of carbonyl (C=O) groups is 2. The molecule has 8 heteroatoms. The molecule has 8 nitrogen and oxygen atoms in total. The molecule has 0 bridgehead atoms. The lowest BCUT2D eigenvalue weighted by atomic mass is 10.1. The van der Waals surface area contributed by atoms with Crippen molar-refractivity contribution in [2.45, 2.75) is 72.3 Å². The van der Waals surface area contributed by atoms with Gasteiger partial charge in [-0.1, -0.05) is 12.7 Å². The molecule has 1 amide bonds. The van der Waals surface area contributed by atoms with Gasteiger partial charge in [0.15, 0.2) is 17.5 Å². The van der Waals surface area contributed by atoms with Gasteiger partial charge in [0.05, 0.1) is 19.3 Å². The predicted molar refractivity (Wildman–Crippen MR) is 118 cm³/mol. The first-order chi connectivity index (χ1) is 14.4. The third-order valence-corrected chi connectivity index (χ3v) is 3.55. The Morgan fingerprint density at radius 3 is 1.97 bits per heavy atom. The van der Waals surface area contributed by atoms with Crippen molar-refractivity contribution >= 4 is 12.1 Å². The SMILES string of the molecule is C=CCOC(=O)[C@H](NC(=O)OC(C)(C)C)c1cc(OC(C)C)c(OC)c(OC(C)C)c1. The van der Waals surface area contributed by atoms with Crippen LogP contribution in [0.15, 0.2) is 24.8 Å². The highest BCUT2D eigenvalue weighted by Crippen LogP contribution is 2.41. The molecule has 174 valence electrons. The van der Waals surface area contributed by atoms with Crippen LogP contribution in [0.25, 0.3) is 0 Å². The van der Waals surface area contributed by atoms with E-state index in [2.05, 4.69) is 11.9 Å². The second kappa shape index (κ2) is 11.5. The molecule has 0 aliphatic heterocycles. The van der Waals surface area contributed by atoms with Crippen LogP contribution in [0.1, 0.15) is 60.1 Å². The summed E-state index contributed by atoms with van der Waals surface area (Å²) in [6.07, 6.45) is 0.348. The quantitative estimate of drug-likeness (QED) is 0.423. The summed E-state index contributed by atoms with van der Waals surface area (Å²) in [7, 11) is 1.50. The fraction of sp³-hybridized carbons (Fsp3) is 0.565. The number of esters is 1. The van der Waals surface area contributed by atoms with Crippen molar-refractivity contribution in [3.63, 3.8) is 0 Å². The van der Waals surface area contributed by atoms with Gasteiger partial charge < -0.3 is 29.0 Å². The largest absolute Gasteiger partial charge is 0.490 e. The number of carbonyl (C=O) groups excluding carboxylic acids is 2. The summed E-state index contributed by atoms with van der Waals surface area (Å²) in [5, 5.41) is 2.58. The number of alkyl carbamates (subject to hydrolysis) is 1. The molecule has 0 unspecified atom stereocenters. The van der Waals surface area contributed by atoms with Crippen LogP contribution in [0.4, 0.5) is 4.79 Å². The molecule has 0 aromatic heterocycles. The Hall–Kier alpha value is -2.90. The van der Waals surface area contributed by atoms with E-state index in [1.807, 2.05) is 27.7 Å². The molecule has 0 radical (unpaired) electrons. The molecule has 1 aromatic carbocycles. The molecule has 1 N–H and O–H groups in total. The summed E-state index contributed by atoms with van der Waals surface area (Å²) in [6.45, 7) is 16.2. The Kier molecular flexibility index (Phi) is 9.68. The fourth-order valence-corrected chi connectivity index (χ4v) is 2.58. The standard InChI is InChI=1S/C23H35NO7/c1-10-11-28-21(25)19(24-22(26)31-23(6,7)8)16-12-17(29-14(2)3)20(27-9)18(13-16)30-15(4)5/h10,12-15,19H,1,11H2,2-9H3,(H,24,26)/t19-/m1/s1. The lowest BCUT2D eigenvalue weighted by Crippen LogP contribution is -2.38. The Balaban J connectivity index is 3.49. The maximum Gasteiger partial charge on any atom is 0.408 e. The van der Waals surface area contributed by atoms with Crippen LogP contribution >= 0.6 is 0 Å². The smallest absolute Gasteiger partial charge is 0.408 e. The van der Waals surface area contributed by atoms with Gasteiger partial charge in [-0.2, -0.15) is 0 Å². The summed E-state index contributed by atoms with van der Waals surface area (Å²) in [6, 6.07) is 2.07. The number of nitrogens with one attached hydrogen (secondary N) is 1. The highest BCUT2D eigenvalue weighted by Gasteiger charge is 2.30. The van der Waals surface area contributed by atoms with E-state index < -0.39 is 23.7 Å². The molecule has 0 aliphatic carbocycles. The van der Waals surface area contributed by atoms with E-state index in [4.69, 9.17) is 23.7 Å². The normalized spacial score (nSPS) is 12.2. The zero-order chi connectivity index (χ0) is 23.8. The van der Waals surface area contributed by atoms with Gasteiger partial charge in [-0.25, -0.2) is 9.59 Å². The van der Waals surface area contributed by atoms with Crippen molar-refractivity contribution in [2.24, 2.45) is 0 Å². The molecule has 0 aliphatic rings. The van der Waals surface area contributed by atoms with Gasteiger partial charge in [0.2, 0.25) is 5.75 Å². The van der Waals surface area contributed by atoms with Crippen LogP contribution in [-0.2, 0) is 14.3 Å². The third kappa shape index (κ3) is 8.78. The van der Waals surface area contributed by atoms with Crippen molar-refractivity contribution in [3.8, 4) is 17.2 Å². The molecule has 31 heavy (non-hydrogen) atoms. The number of amides is 1. The second-order valence-corrected chi connectivity index (χ2v) is 8.38. The van der Waals surface area contributed by atoms with E-state index >= 15 is 0 Å². The van der Waals surface area contributed by atoms with Gasteiger partial charge in [0, 0.05) is 0 Å². The summed E-state index contributed by atoms with van der Waals surface area (Å²) in [4.78, 5) is 25.2. The maximum atomic E-state index is 12.8. The number of hydrogen-bond acceptors (Lipinski definition) is 7. The highest BCUT2D eigenvalue weighted by molar-refractivity contribution is 5.83. The second-order valence-electron chi connectivity index (χ2n) is 8.38. The Labute approximate surface area is 184 Å². The van der Waals surface area contributed by atoms with Gasteiger partial charge in [0.1, 0.15) is 12.2 Å². The Bertz CT molecular complexity index is 735. The molecular weight excluding hydrogens is 402 g/mol. The minimum absolute atomic E-state index is 0.00775. The maximum absolute atomic E-state index is 12.8. The lowest BCUT2D eigenvalue weighted by Gasteiger charge is -2.25. The molecule has 1 atom stereocenters. The van der Waals surface area contributed by atoms with Crippen molar-refractivity contribution < 1.29 is 33.3 Å². The molecule has 0 saturated heterocycles. The molecule has 0 saturated carbocycles. The van der Waals surface area contributed by atoms with Crippen LogP contribution in [-0.4, -0.2) is 43.6 Å². The van der Waals surface area contributed by atoms with Crippen LogP contribution < -0.4 is 19.5 Å². The number of rotatable bonds is 10. The average Bonchev–Trinajstić information content (AvgIpc) is 2.61. The van der Waals surface area contributed by atoms with Gasteiger partial charge in [0.25, 0.3) is 0 Å². The van der Waals surface area contributed by atoms with Crippen LogP contribution in [0, 0.1) is 0 Å². The zero-order valence-electron chi connectivity index (χ0n) is 19.7. The topological polar surface area (TPSA) is 92.3 Å². The molecule has 0 spiro atoms. The van der Waals surface area contributed by atoms with Crippen molar-refractivity contribution in [3.05, 3.63) is 30.4 Å². The van der Waals surface area contributed by atoms with E-state index in [1.54, 1.807) is 32.9 Å². The van der Waals surface area contributed by atoms with Gasteiger partial charge in [-0.15, -0.1) is 0 Å². The fourth-order valence-electron chi connectivity index (χ4n) is 2.58. The highest BCUT2D eigenvalue weighted by atomic mass is 16.6. The van der Waals surface area contributed by atoms with Crippen molar-refractivity contribution in [2.75, 3.05) is 13.7 Å². The number of ether oxygens (including phenoxy) is 5. The molecule has 0 fully saturated rings. The Morgan fingerprint density at radius 1 is 1.06 bits per heavy atom. The lowest BCUT2D eigenvalue weighted by molar-refractivity contribution is -0.145. The predicted octanol–water partition coefficient (Wildman–Crippen LogP) is 4.56. The summed E-state index contributed by atoms with van der Waals surface area (Å²) in [5.41, 5.74) is -0.343. The van der Waals surface area contributed by atoms with E-state index in [0.29, 0.717) is 22.8 Å².